The van der Waals surface area contributed by atoms with E-state index >= 15 is 0 Å². The Hall–Kier alpha value is -2.37. The standard InChI is InChI=1S/C16H19N3O3/c1-22-13-8-4-3-7-12(13)11-17-19-14(20)16(18-15(19)21)9-5-2-6-10-16/h3-4,7-8,11H,2,5-6,9-10H2,1H3,(H,18,21)/b17-11+. The van der Waals surface area contributed by atoms with Gasteiger partial charge in [-0.2, -0.15) is 5.10 Å². The van der Waals surface area contributed by atoms with Gasteiger partial charge >= 0.3 is 6.03 Å². The van der Waals surface area contributed by atoms with Crippen molar-refractivity contribution >= 4 is 18.2 Å². The summed E-state index contributed by atoms with van der Waals surface area (Å²) in [5.74, 6) is 0.397. The number of benzene rings is 1. The lowest BCUT2D eigenvalue weighted by molar-refractivity contribution is -0.132. The molecule has 6 nitrogen and oxygen atoms in total. The van der Waals surface area contributed by atoms with Gasteiger partial charge in [0.2, 0.25) is 0 Å². The van der Waals surface area contributed by atoms with Crippen LogP contribution in [-0.4, -0.2) is 35.8 Å². The van der Waals surface area contributed by atoms with E-state index in [1.54, 1.807) is 13.2 Å². The second-order valence-corrected chi connectivity index (χ2v) is 5.68. The lowest BCUT2D eigenvalue weighted by Gasteiger charge is -2.29. The van der Waals surface area contributed by atoms with Crippen LogP contribution < -0.4 is 10.1 Å². The molecule has 6 heteroatoms. The molecular formula is C16H19N3O3. The SMILES string of the molecule is COc1ccccc1/C=N/N1C(=O)NC2(CCCCC2)C1=O. The first kappa shape index (κ1) is 14.6. The Labute approximate surface area is 129 Å². The molecule has 1 aliphatic carbocycles. The molecule has 1 saturated heterocycles. The maximum atomic E-state index is 12.6. The van der Waals surface area contributed by atoms with Crippen molar-refractivity contribution < 1.29 is 14.3 Å². The Kier molecular flexibility index (Phi) is 3.83. The van der Waals surface area contributed by atoms with Crippen molar-refractivity contribution in [1.29, 1.82) is 0 Å². The number of hydrogen-bond donors (Lipinski definition) is 1. The van der Waals surface area contributed by atoms with E-state index in [9.17, 15) is 9.59 Å². The van der Waals surface area contributed by atoms with Crippen molar-refractivity contribution in [3.05, 3.63) is 29.8 Å². The van der Waals surface area contributed by atoms with Crippen molar-refractivity contribution in [1.82, 2.24) is 10.3 Å². The van der Waals surface area contributed by atoms with Crippen molar-refractivity contribution in [3.63, 3.8) is 0 Å². The first-order valence-electron chi connectivity index (χ1n) is 7.50. The van der Waals surface area contributed by atoms with Crippen LogP contribution in [-0.2, 0) is 4.79 Å². The highest BCUT2D eigenvalue weighted by Gasteiger charge is 2.51. The highest BCUT2D eigenvalue weighted by molar-refractivity contribution is 6.07. The smallest absolute Gasteiger partial charge is 0.346 e. The van der Waals surface area contributed by atoms with E-state index in [1.165, 1.54) is 6.21 Å². The molecule has 1 aromatic carbocycles. The van der Waals surface area contributed by atoms with Gasteiger partial charge in [-0.15, -0.1) is 5.01 Å². The van der Waals surface area contributed by atoms with E-state index < -0.39 is 11.6 Å². The number of carbonyl (C=O) groups is 2. The van der Waals surface area contributed by atoms with Crippen LogP contribution in [0.25, 0.3) is 0 Å². The van der Waals surface area contributed by atoms with E-state index in [0.29, 0.717) is 18.6 Å². The molecule has 1 aliphatic heterocycles. The van der Waals surface area contributed by atoms with E-state index in [-0.39, 0.29) is 5.91 Å². The molecule has 1 N–H and O–H groups in total. The maximum Gasteiger partial charge on any atom is 0.346 e. The van der Waals surface area contributed by atoms with Crippen molar-refractivity contribution in [2.24, 2.45) is 5.10 Å². The quantitative estimate of drug-likeness (QED) is 0.688. The third-order valence-electron chi connectivity index (χ3n) is 4.30. The molecule has 0 radical (unpaired) electrons. The van der Waals surface area contributed by atoms with E-state index in [2.05, 4.69) is 10.4 Å². The molecule has 1 heterocycles. The summed E-state index contributed by atoms with van der Waals surface area (Å²) in [5, 5.41) is 7.85. The molecule has 116 valence electrons. The number of nitrogens with one attached hydrogen (secondary N) is 1. The number of nitrogens with zero attached hydrogens (tertiary/aromatic N) is 2. The molecule has 0 atom stereocenters. The molecule has 0 aromatic heterocycles. The summed E-state index contributed by atoms with van der Waals surface area (Å²) in [6, 6.07) is 6.87. The minimum Gasteiger partial charge on any atom is -0.496 e. The highest BCUT2D eigenvalue weighted by atomic mass is 16.5. The lowest BCUT2D eigenvalue weighted by Crippen LogP contribution is -2.48. The van der Waals surface area contributed by atoms with E-state index in [1.807, 2.05) is 18.2 Å². The zero-order chi connectivity index (χ0) is 15.6. The van der Waals surface area contributed by atoms with Gasteiger partial charge in [0.1, 0.15) is 11.3 Å². The normalized spacial score (nSPS) is 20.7. The fraction of sp³-hybridized carbons (Fsp3) is 0.438. The Morgan fingerprint density at radius 1 is 1.23 bits per heavy atom. The lowest BCUT2D eigenvalue weighted by atomic mass is 9.82. The van der Waals surface area contributed by atoms with Gasteiger partial charge in [0, 0.05) is 5.56 Å². The molecule has 3 rings (SSSR count). The average molecular weight is 301 g/mol. The number of ether oxygens (including phenoxy) is 1. The van der Waals surface area contributed by atoms with Gasteiger partial charge in [-0.05, 0) is 25.0 Å². The van der Waals surface area contributed by atoms with Gasteiger partial charge < -0.3 is 10.1 Å². The van der Waals surface area contributed by atoms with Crippen LogP contribution in [0.3, 0.4) is 0 Å². The van der Waals surface area contributed by atoms with Gasteiger partial charge in [0.15, 0.2) is 0 Å². The van der Waals surface area contributed by atoms with Crippen LogP contribution in [0.1, 0.15) is 37.7 Å². The van der Waals surface area contributed by atoms with E-state index in [4.69, 9.17) is 4.74 Å². The second-order valence-electron chi connectivity index (χ2n) is 5.68. The van der Waals surface area contributed by atoms with Crippen LogP contribution in [0.5, 0.6) is 5.75 Å². The fourth-order valence-corrected chi connectivity index (χ4v) is 3.10. The number of imide groups is 1. The Morgan fingerprint density at radius 3 is 2.68 bits per heavy atom. The van der Waals surface area contributed by atoms with Gasteiger partial charge in [-0.3, -0.25) is 4.79 Å². The number of hydrazone groups is 1. The molecule has 2 aliphatic rings. The Morgan fingerprint density at radius 2 is 1.95 bits per heavy atom. The topological polar surface area (TPSA) is 71.0 Å². The van der Waals surface area contributed by atoms with E-state index in [0.717, 1.165) is 29.8 Å². The molecule has 0 unspecified atom stereocenters. The Bertz CT molecular complexity index is 621. The third-order valence-corrected chi connectivity index (χ3v) is 4.30. The molecule has 1 aromatic rings. The first-order chi connectivity index (χ1) is 10.7. The zero-order valence-corrected chi connectivity index (χ0v) is 12.5. The predicted molar refractivity (Wildman–Crippen MR) is 81.8 cm³/mol. The van der Waals surface area contributed by atoms with Crippen LogP contribution in [0.2, 0.25) is 0 Å². The molecule has 1 spiro atoms. The number of para-hydroxylation sites is 1. The van der Waals surface area contributed by atoms with Gasteiger partial charge in [0.05, 0.1) is 13.3 Å². The number of amides is 3. The predicted octanol–water partition coefficient (Wildman–Crippen LogP) is 2.28. The number of hydrogen-bond acceptors (Lipinski definition) is 4. The van der Waals surface area contributed by atoms with Crippen molar-refractivity contribution in [2.45, 2.75) is 37.6 Å². The molecule has 0 bridgehead atoms. The number of carbonyl (C=O) groups excluding carboxylic acids is 2. The molecule has 22 heavy (non-hydrogen) atoms. The molecule has 1 saturated carbocycles. The van der Waals surface area contributed by atoms with Crippen molar-refractivity contribution in [2.75, 3.05) is 7.11 Å². The zero-order valence-electron chi connectivity index (χ0n) is 12.5. The monoisotopic (exact) mass is 301 g/mol. The fourth-order valence-electron chi connectivity index (χ4n) is 3.10. The highest BCUT2D eigenvalue weighted by Crippen LogP contribution is 2.33. The summed E-state index contributed by atoms with van der Waals surface area (Å²) in [5.41, 5.74) is -0.0248. The number of methoxy groups -OCH3 is 1. The van der Waals surface area contributed by atoms with Crippen LogP contribution >= 0.6 is 0 Å². The first-order valence-corrected chi connectivity index (χ1v) is 7.50. The van der Waals surface area contributed by atoms with Gasteiger partial charge in [0.25, 0.3) is 5.91 Å². The van der Waals surface area contributed by atoms with Crippen molar-refractivity contribution in [3.8, 4) is 5.75 Å². The summed E-state index contributed by atoms with van der Waals surface area (Å²) >= 11 is 0. The van der Waals surface area contributed by atoms with Crippen LogP contribution in [0.4, 0.5) is 4.79 Å². The minimum absolute atomic E-state index is 0.247. The minimum atomic E-state index is -0.743. The third kappa shape index (κ3) is 2.45. The second kappa shape index (κ2) is 5.79. The summed E-state index contributed by atoms with van der Waals surface area (Å²) < 4.78 is 5.23. The van der Waals surface area contributed by atoms with Gasteiger partial charge in [-0.1, -0.05) is 31.4 Å². The molecular weight excluding hydrogens is 282 g/mol. The largest absolute Gasteiger partial charge is 0.496 e. The summed E-state index contributed by atoms with van der Waals surface area (Å²) in [6.45, 7) is 0. The Balaban J connectivity index is 1.81. The maximum absolute atomic E-state index is 12.6. The van der Waals surface area contributed by atoms with Gasteiger partial charge in [-0.25, -0.2) is 4.79 Å². The number of rotatable bonds is 3. The number of urea groups is 1. The summed E-state index contributed by atoms with van der Waals surface area (Å²) in [7, 11) is 1.57. The average Bonchev–Trinajstić information content (AvgIpc) is 2.77. The summed E-state index contributed by atoms with van der Waals surface area (Å²) in [6.07, 6.45) is 5.89. The summed E-state index contributed by atoms with van der Waals surface area (Å²) in [4.78, 5) is 24.6. The van der Waals surface area contributed by atoms with Crippen LogP contribution in [0, 0.1) is 0 Å². The van der Waals surface area contributed by atoms with Crippen LogP contribution in [0.15, 0.2) is 29.4 Å². The molecule has 3 amide bonds. The molecule has 2 fully saturated rings.